The van der Waals surface area contributed by atoms with Gasteiger partial charge in [0.1, 0.15) is 16.6 Å². The van der Waals surface area contributed by atoms with E-state index >= 15 is 0 Å². The van der Waals surface area contributed by atoms with Gasteiger partial charge in [-0.1, -0.05) is 12.2 Å². The van der Waals surface area contributed by atoms with E-state index in [4.69, 9.17) is 18.0 Å². The van der Waals surface area contributed by atoms with Crippen LogP contribution in [0, 0.1) is 27.7 Å². The number of nitrogens with zero attached hydrogens (tertiary/aromatic N) is 5. The number of aryl methyl sites for hydroxylation is 3. The Labute approximate surface area is 110 Å². The molecule has 6 nitrogen and oxygen atoms in total. The predicted molar refractivity (Wildman–Crippen MR) is 71.8 cm³/mol. The summed E-state index contributed by atoms with van der Waals surface area (Å²) in [6.07, 6.45) is 0. The summed E-state index contributed by atoms with van der Waals surface area (Å²) < 4.78 is 1.61. The number of thiocarbonyl (C=S) groups is 1. The average molecular weight is 262 g/mol. The molecule has 0 atom stereocenters. The molecule has 0 radical (unpaired) electrons. The lowest BCUT2D eigenvalue weighted by atomic mass is 10.1. The van der Waals surface area contributed by atoms with E-state index in [0.717, 1.165) is 17.1 Å². The highest BCUT2D eigenvalue weighted by atomic mass is 32.1. The minimum absolute atomic E-state index is 0.285. The first-order chi connectivity index (χ1) is 8.41. The summed E-state index contributed by atoms with van der Waals surface area (Å²) in [5.41, 5.74) is 8.20. The normalized spacial score (nSPS) is 10.7. The van der Waals surface area contributed by atoms with Crippen LogP contribution < -0.4 is 5.73 Å². The largest absolute Gasteiger partial charge is 0.389 e. The first-order valence-electron chi connectivity index (χ1n) is 5.46. The summed E-state index contributed by atoms with van der Waals surface area (Å²) in [4.78, 5) is 4.53. The van der Waals surface area contributed by atoms with Crippen molar-refractivity contribution in [2.24, 2.45) is 5.73 Å². The maximum atomic E-state index is 5.78. The van der Waals surface area contributed by atoms with Crippen LogP contribution in [0.5, 0.6) is 0 Å². The topological polar surface area (TPSA) is 82.5 Å². The van der Waals surface area contributed by atoms with Gasteiger partial charge in [0.05, 0.1) is 11.3 Å². The Morgan fingerprint density at radius 1 is 1.17 bits per heavy atom. The van der Waals surface area contributed by atoms with Crippen LogP contribution in [0.1, 0.15) is 28.5 Å². The van der Waals surface area contributed by atoms with E-state index < -0.39 is 0 Å². The van der Waals surface area contributed by atoms with Crippen LogP contribution in [0.15, 0.2) is 0 Å². The standard InChI is InChI=1S/C11H14N6S/c1-5-6(2)14-15-11(9(5)10(12)18)17-8(4)13-7(3)16-17/h1-4H3,(H2,12,18). The summed E-state index contributed by atoms with van der Waals surface area (Å²) >= 11 is 5.10. The molecule has 0 bridgehead atoms. The Balaban J connectivity index is 2.76. The Kier molecular flexibility index (Phi) is 3.08. The van der Waals surface area contributed by atoms with Crippen LogP contribution in [0.3, 0.4) is 0 Å². The maximum Gasteiger partial charge on any atom is 0.188 e. The Hall–Kier alpha value is -1.89. The summed E-state index contributed by atoms with van der Waals surface area (Å²) in [6, 6.07) is 0. The molecule has 0 fully saturated rings. The predicted octanol–water partition coefficient (Wildman–Crippen LogP) is 0.925. The lowest BCUT2D eigenvalue weighted by molar-refractivity contribution is 0.768. The summed E-state index contributed by atoms with van der Waals surface area (Å²) in [5.74, 6) is 1.92. The third-order valence-electron chi connectivity index (χ3n) is 2.76. The van der Waals surface area contributed by atoms with Gasteiger partial charge in [-0.25, -0.2) is 4.98 Å². The fourth-order valence-corrected chi connectivity index (χ4v) is 2.01. The van der Waals surface area contributed by atoms with Gasteiger partial charge in [-0.3, -0.25) is 0 Å². The van der Waals surface area contributed by atoms with E-state index in [1.165, 1.54) is 0 Å². The van der Waals surface area contributed by atoms with Crippen LogP contribution in [0.2, 0.25) is 0 Å². The number of nitrogens with two attached hydrogens (primary N) is 1. The van der Waals surface area contributed by atoms with E-state index in [0.29, 0.717) is 17.2 Å². The molecule has 7 heteroatoms. The highest BCUT2D eigenvalue weighted by Gasteiger charge is 2.17. The monoisotopic (exact) mass is 262 g/mol. The first-order valence-corrected chi connectivity index (χ1v) is 5.87. The zero-order valence-electron chi connectivity index (χ0n) is 10.7. The molecule has 2 aromatic heterocycles. The lowest BCUT2D eigenvalue weighted by Crippen LogP contribution is -2.19. The van der Waals surface area contributed by atoms with Crippen LogP contribution in [0.25, 0.3) is 5.82 Å². The Morgan fingerprint density at radius 2 is 1.83 bits per heavy atom. The first kappa shape index (κ1) is 12.6. The second-order valence-electron chi connectivity index (χ2n) is 4.09. The molecular formula is C11H14N6S. The van der Waals surface area contributed by atoms with E-state index in [2.05, 4.69) is 20.3 Å². The molecule has 0 spiro atoms. The second-order valence-corrected chi connectivity index (χ2v) is 4.53. The van der Waals surface area contributed by atoms with Crippen molar-refractivity contribution >= 4 is 17.2 Å². The number of aromatic nitrogens is 5. The van der Waals surface area contributed by atoms with E-state index in [9.17, 15) is 0 Å². The minimum atomic E-state index is 0.285. The lowest BCUT2D eigenvalue weighted by Gasteiger charge is -2.11. The van der Waals surface area contributed by atoms with Gasteiger partial charge in [-0.15, -0.1) is 10.2 Å². The zero-order chi connectivity index (χ0) is 13.4. The van der Waals surface area contributed by atoms with Crippen LogP contribution in [-0.2, 0) is 0 Å². The van der Waals surface area contributed by atoms with Gasteiger partial charge in [0.25, 0.3) is 0 Å². The van der Waals surface area contributed by atoms with Gasteiger partial charge in [0.15, 0.2) is 5.82 Å². The van der Waals surface area contributed by atoms with Gasteiger partial charge in [-0.2, -0.15) is 9.78 Å². The molecule has 0 amide bonds. The highest BCUT2D eigenvalue weighted by molar-refractivity contribution is 7.80. The molecule has 2 N–H and O–H groups in total. The molecule has 18 heavy (non-hydrogen) atoms. The average Bonchev–Trinajstić information content (AvgIpc) is 2.61. The summed E-state index contributed by atoms with van der Waals surface area (Å²) in [5, 5.41) is 12.5. The molecule has 0 unspecified atom stereocenters. The maximum absolute atomic E-state index is 5.78. The van der Waals surface area contributed by atoms with Gasteiger partial charge in [0, 0.05) is 0 Å². The minimum Gasteiger partial charge on any atom is -0.389 e. The van der Waals surface area contributed by atoms with Crippen molar-refractivity contribution in [3.8, 4) is 5.82 Å². The van der Waals surface area contributed by atoms with Gasteiger partial charge in [0.2, 0.25) is 0 Å². The summed E-state index contributed by atoms with van der Waals surface area (Å²) in [6.45, 7) is 7.45. The smallest absolute Gasteiger partial charge is 0.188 e. The number of hydrogen-bond donors (Lipinski definition) is 1. The van der Waals surface area contributed by atoms with Gasteiger partial charge >= 0.3 is 0 Å². The molecule has 2 aromatic rings. The number of rotatable bonds is 2. The second kappa shape index (κ2) is 4.41. The van der Waals surface area contributed by atoms with Crippen molar-refractivity contribution in [2.75, 3.05) is 0 Å². The molecule has 0 saturated heterocycles. The molecular weight excluding hydrogens is 248 g/mol. The van der Waals surface area contributed by atoms with Crippen molar-refractivity contribution < 1.29 is 0 Å². The fourth-order valence-electron chi connectivity index (χ4n) is 1.76. The summed E-state index contributed by atoms with van der Waals surface area (Å²) in [7, 11) is 0. The van der Waals surface area contributed by atoms with Gasteiger partial charge < -0.3 is 5.73 Å². The molecule has 2 heterocycles. The fraction of sp³-hybridized carbons (Fsp3) is 0.364. The van der Waals surface area contributed by atoms with Crippen molar-refractivity contribution in [2.45, 2.75) is 27.7 Å². The van der Waals surface area contributed by atoms with E-state index in [-0.39, 0.29) is 4.99 Å². The Morgan fingerprint density at radius 3 is 2.33 bits per heavy atom. The van der Waals surface area contributed by atoms with Gasteiger partial charge in [-0.05, 0) is 33.3 Å². The van der Waals surface area contributed by atoms with Crippen LogP contribution in [0.4, 0.5) is 0 Å². The number of hydrogen-bond acceptors (Lipinski definition) is 5. The molecule has 0 aliphatic carbocycles. The zero-order valence-corrected chi connectivity index (χ0v) is 11.5. The molecule has 0 aliphatic heterocycles. The Bertz CT molecular complexity index is 631. The third-order valence-corrected chi connectivity index (χ3v) is 2.96. The van der Waals surface area contributed by atoms with Crippen molar-refractivity contribution in [3.63, 3.8) is 0 Å². The van der Waals surface area contributed by atoms with Crippen LogP contribution >= 0.6 is 12.2 Å². The SMILES string of the molecule is Cc1nc(C)n(-c2nnc(C)c(C)c2C(N)=S)n1. The third kappa shape index (κ3) is 1.97. The molecule has 94 valence electrons. The van der Waals surface area contributed by atoms with Crippen LogP contribution in [-0.4, -0.2) is 30.0 Å². The van der Waals surface area contributed by atoms with Crippen molar-refractivity contribution in [1.29, 1.82) is 0 Å². The quantitative estimate of drug-likeness (QED) is 0.811. The molecule has 0 aromatic carbocycles. The van der Waals surface area contributed by atoms with E-state index in [1.807, 2.05) is 27.7 Å². The van der Waals surface area contributed by atoms with Crippen molar-refractivity contribution in [3.05, 3.63) is 28.5 Å². The molecule has 0 aliphatic rings. The molecule has 0 saturated carbocycles. The van der Waals surface area contributed by atoms with E-state index in [1.54, 1.807) is 4.68 Å². The highest BCUT2D eigenvalue weighted by Crippen LogP contribution is 2.18. The van der Waals surface area contributed by atoms with Crippen molar-refractivity contribution in [1.82, 2.24) is 25.0 Å². The molecule has 2 rings (SSSR count).